The fourth-order valence-electron chi connectivity index (χ4n) is 2.99. The van der Waals surface area contributed by atoms with Crippen LogP contribution in [0.2, 0.25) is 0 Å². The summed E-state index contributed by atoms with van der Waals surface area (Å²) in [6.07, 6.45) is 0.869. The number of nitrogens with zero attached hydrogens (tertiary/aromatic N) is 1. The van der Waals surface area contributed by atoms with Gasteiger partial charge in [-0.15, -0.1) is 0 Å². The van der Waals surface area contributed by atoms with Crippen molar-refractivity contribution in [2.45, 2.75) is 32.7 Å². The summed E-state index contributed by atoms with van der Waals surface area (Å²) in [7, 11) is 0. The van der Waals surface area contributed by atoms with Gasteiger partial charge in [-0.1, -0.05) is 37.3 Å². The van der Waals surface area contributed by atoms with Crippen LogP contribution in [0.25, 0.3) is 0 Å². The third-order valence-corrected chi connectivity index (χ3v) is 4.61. The van der Waals surface area contributed by atoms with Gasteiger partial charge in [-0.05, 0) is 18.9 Å². The average Bonchev–Trinajstić information content (AvgIpc) is 3.10. The predicted molar refractivity (Wildman–Crippen MR) is 102 cm³/mol. The van der Waals surface area contributed by atoms with Gasteiger partial charge in [-0.3, -0.25) is 19.2 Å². The lowest BCUT2D eigenvalue weighted by molar-refractivity contribution is -0.152. The number of hydrogen-bond acceptors (Lipinski definition) is 5. The van der Waals surface area contributed by atoms with Gasteiger partial charge in [0.1, 0.15) is 0 Å². The molecule has 0 spiro atoms. The Balaban J connectivity index is 1.76. The van der Waals surface area contributed by atoms with Gasteiger partial charge < -0.3 is 20.3 Å². The summed E-state index contributed by atoms with van der Waals surface area (Å²) in [5.74, 6) is -2.15. The summed E-state index contributed by atoms with van der Waals surface area (Å²) < 4.78 is 5.02. The van der Waals surface area contributed by atoms with E-state index >= 15 is 0 Å². The maximum absolute atomic E-state index is 12.3. The summed E-state index contributed by atoms with van der Waals surface area (Å²) in [6.45, 7) is 4.00. The molecule has 0 radical (unpaired) electrons. The van der Waals surface area contributed by atoms with E-state index in [-0.39, 0.29) is 37.4 Å². The highest BCUT2D eigenvalue weighted by atomic mass is 16.5. The van der Waals surface area contributed by atoms with E-state index in [0.29, 0.717) is 6.54 Å². The van der Waals surface area contributed by atoms with E-state index in [4.69, 9.17) is 4.74 Å². The van der Waals surface area contributed by atoms with Crippen LogP contribution in [0.5, 0.6) is 0 Å². The monoisotopic (exact) mass is 389 g/mol. The Morgan fingerprint density at radius 2 is 1.89 bits per heavy atom. The lowest BCUT2D eigenvalue weighted by Crippen LogP contribution is -2.39. The third kappa shape index (κ3) is 6.07. The number of benzene rings is 1. The van der Waals surface area contributed by atoms with E-state index < -0.39 is 24.4 Å². The van der Waals surface area contributed by atoms with Crippen molar-refractivity contribution in [3.05, 3.63) is 35.9 Å². The quantitative estimate of drug-likeness (QED) is 0.608. The maximum atomic E-state index is 12.3. The first-order chi connectivity index (χ1) is 13.4. The van der Waals surface area contributed by atoms with E-state index in [1.807, 2.05) is 44.2 Å². The highest BCUT2D eigenvalue weighted by molar-refractivity contribution is 5.89. The molecule has 2 N–H and O–H groups in total. The number of amides is 3. The summed E-state index contributed by atoms with van der Waals surface area (Å²) >= 11 is 0. The zero-order valence-corrected chi connectivity index (χ0v) is 16.3. The van der Waals surface area contributed by atoms with Crippen LogP contribution in [0.1, 0.15) is 38.3 Å². The summed E-state index contributed by atoms with van der Waals surface area (Å²) in [6, 6.07) is 9.44. The van der Waals surface area contributed by atoms with Crippen LogP contribution in [0.3, 0.4) is 0 Å². The van der Waals surface area contributed by atoms with Crippen molar-refractivity contribution in [2.24, 2.45) is 5.92 Å². The molecule has 1 heterocycles. The van der Waals surface area contributed by atoms with Crippen molar-refractivity contribution in [1.82, 2.24) is 15.5 Å². The minimum absolute atomic E-state index is 0.0665. The smallest absolute Gasteiger partial charge is 0.311 e. The number of ether oxygens (including phenoxy) is 1. The van der Waals surface area contributed by atoms with Gasteiger partial charge in [-0.2, -0.15) is 0 Å². The van der Waals surface area contributed by atoms with E-state index in [9.17, 15) is 19.2 Å². The zero-order chi connectivity index (χ0) is 20.5. The van der Waals surface area contributed by atoms with Gasteiger partial charge in [0.2, 0.25) is 11.8 Å². The average molecular weight is 389 g/mol. The first-order valence-corrected chi connectivity index (χ1v) is 9.46. The van der Waals surface area contributed by atoms with E-state index in [2.05, 4.69) is 10.6 Å². The molecule has 2 atom stereocenters. The van der Waals surface area contributed by atoms with Gasteiger partial charge in [0.25, 0.3) is 5.91 Å². The highest BCUT2D eigenvalue weighted by Gasteiger charge is 2.38. The first-order valence-electron chi connectivity index (χ1n) is 9.46. The number of carbonyl (C=O) groups is 4. The van der Waals surface area contributed by atoms with Crippen LogP contribution in [-0.4, -0.2) is 54.8 Å². The Hall–Kier alpha value is -2.90. The molecule has 1 aromatic rings. The van der Waals surface area contributed by atoms with Crippen LogP contribution in [0, 0.1) is 5.92 Å². The summed E-state index contributed by atoms with van der Waals surface area (Å²) in [5, 5.41) is 5.02. The number of likely N-dealkylation sites (tertiary alicyclic amines) is 1. The second-order valence-electron chi connectivity index (χ2n) is 6.77. The van der Waals surface area contributed by atoms with E-state index in [1.165, 1.54) is 0 Å². The van der Waals surface area contributed by atoms with Crippen molar-refractivity contribution in [3.63, 3.8) is 0 Å². The maximum Gasteiger partial charge on any atom is 0.311 e. The lowest BCUT2D eigenvalue weighted by atomic mass is 10.1. The van der Waals surface area contributed by atoms with Crippen molar-refractivity contribution >= 4 is 23.7 Å². The topological polar surface area (TPSA) is 105 Å². The molecule has 1 saturated heterocycles. The summed E-state index contributed by atoms with van der Waals surface area (Å²) in [4.78, 5) is 49.3. The Morgan fingerprint density at radius 1 is 1.18 bits per heavy atom. The van der Waals surface area contributed by atoms with Gasteiger partial charge in [0.15, 0.2) is 6.61 Å². The molecule has 1 fully saturated rings. The normalized spacial score (nSPS) is 17.1. The van der Waals surface area contributed by atoms with Crippen LogP contribution >= 0.6 is 0 Å². The fraction of sp³-hybridized carbons (Fsp3) is 0.500. The Bertz CT molecular complexity index is 707. The number of hydrogen-bond donors (Lipinski definition) is 2. The molecule has 1 aliphatic heterocycles. The van der Waals surface area contributed by atoms with Gasteiger partial charge in [0.05, 0.1) is 18.5 Å². The third-order valence-electron chi connectivity index (χ3n) is 4.61. The minimum Gasteiger partial charge on any atom is -0.455 e. The summed E-state index contributed by atoms with van der Waals surface area (Å²) in [5.41, 5.74) is 0.991. The number of rotatable bonds is 9. The Labute approximate surface area is 164 Å². The molecule has 0 unspecified atom stereocenters. The number of carbonyl (C=O) groups excluding carboxylic acids is 4. The van der Waals surface area contributed by atoms with Crippen molar-refractivity contribution < 1.29 is 23.9 Å². The molecular weight excluding hydrogens is 362 g/mol. The highest BCUT2D eigenvalue weighted by Crippen LogP contribution is 2.28. The Kier molecular flexibility index (Phi) is 7.98. The molecule has 0 aromatic heterocycles. The molecule has 0 aliphatic carbocycles. The second kappa shape index (κ2) is 10.4. The SMILES string of the molecule is CCCNC(=O)CNC(=O)COC(=O)[C@H]1CC(=O)N([C@@H](C)c2ccccc2)C1. The zero-order valence-electron chi connectivity index (χ0n) is 16.3. The molecule has 3 amide bonds. The molecule has 0 saturated carbocycles. The lowest BCUT2D eigenvalue weighted by Gasteiger charge is -2.25. The molecule has 8 heteroatoms. The standard InChI is InChI=1S/C20H27N3O5/c1-3-9-21-17(24)11-22-18(25)13-28-20(27)16-10-19(26)23(12-16)14(2)15-7-5-4-6-8-15/h4-8,14,16H,3,9-13H2,1-2H3,(H,21,24)(H,22,25)/t14-,16-/m0/s1. The molecule has 1 aromatic carbocycles. The molecule has 2 rings (SSSR count). The molecule has 152 valence electrons. The largest absolute Gasteiger partial charge is 0.455 e. The van der Waals surface area contributed by atoms with Crippen molar-refractivity contribution in [1.29, 1.82) is 0 Å². The molecule has 0 bridgehead atoms. The second-order valence-corrected chi connectivity index (χ2v) is 6.77. The minimum atomic E-state index is -0.598. The van der Waals surface area contributed by atoms with E-state index in [0.717, 1.165) is 12.0 Å². The van der Waals surface area contributed by atoms with E-state index in [1.54, 1.807) is 4.90 Å². The van der Waals surface area contributed by atoms with Gasteiger partial charge >= 0.3 is 5.97 Å². The number of esters is 1. The molecular formula is C20H27N3O5. The van der Waals surface area contributed by atoms with Crippen LogP contribution in [0.15, 0.2) is 30.3 Å². The van der Waals surface area contributed by atoms with Crippen LogP contribution in [0.4, 0.5) is 0 Å². The van der Waals surface area contributed by atoms with Crippen molar-refractivity contribution in [3.8, 4) is 0 Å². The molecule has 8 nitrogen and oxygen atoms in total. The molecule has 1 aliphatic rings. The number of nitrogens with one attached hydrogen (secondary N) is 2. The Morgan fingerprint density at radius 3 is 2.57 bits per heavy atom. The first kappa shape index (κ1) is 21.4. The van der Waals surface area contributed by atoms with Crippen LogP contribution < -0.4 is 10.6 Å². The predicted octanol–water partition coefficient (Wildman–Crippen LogP) is 0.782. The van der Waals surface area contributed by atoms with Crippen LogP contribution in [-0.2, 0) is 23.9 Å². The fourth-order valence-corrected chi connectivity index (χ4v) is 2.99. The van der Waals surface area contributed by atoms with Gasteiger partial charge in [-0.25, -0.2) is 0 Å². The molecule has 28 heavy (non-hydrogen) atoms. The van der Waals surface area contributed by atoms with Crippen molar-refractivity contribution in [2.75, 3.05) is 26.2 Å². The van der Waals surface area contributed by atoms with Gasteiger partial charge in [0, 0.05) is 19.5 Å².